The standard InChI is InChI=1S/C20H17BrClN3O4/c1-2-28-17-9-12(8-14(21)19(17)29-11-18(24)26)7-13(10-23)20(27)25-16-6-4-3-5-15(16)22/h3-9H,2,11H2,1H3,(H2,24,26)(H,25,27)/b13-7+. The summed E-state index contributed by atoms with van der Waals surface area (Å²) in [7, 11) is 0. The fraction of sp³-hybridized carbons (Fsp3) is 0.150. The number of carbonyl (C=O) groups is 2. The number of hydrogen-bond acceptors (Lipinski definition) is 5. The number of hydrogen-bond donors (Lipinski definition) is 2. The van der Waals surface area contributed by atoms with Crippen molar-refractivity contribution in [1.29, 1.82) is 5.26 Å². The summed E-state index contributed by atoms with van der Waals surface area (Å²) in [6.07, 6.45) is 1.40. The van der Waals surface area contributed by atoms with Crippen LogP contribution in [0.25, 0.3) is 6.08 Å². The number of amides is 2. The molecule has 0 aliphatic carbocycles. The van der Waals surface area contributed by atoms with Gasteiger partial charge in [-0.25, -0.2) is 0 Å². The van der Waals surface area contributed by atoms with Crippen molar-refractivity contribution in [1.82, 2.24) is 0 Å². The van der Waals surface area contributed by atoms with Crippen LogP contribution >= 0.6 is 27.5 Å². The molecule has 2 amide bonds. The van der Waals surface area contributed by atoms with Crippen molar-refractivity contribution >= 4 is 51.1 Å². The largest absolute Gasteiger partial charge is 0.490 e. The van der Waals surface area contributed by atoms with E-state index in [1.807, 2.05) is 6.07 Å². The Morgan fingerprint density at radius 1 is 1.31 bits per heavy atom. The first-order valence-electron chi connectivity index (χ1n) is 8.40. The van der Waals surface area contributed by atoms with Crippen LogP contribution in [0.2, 0.25) is 5.02 Å². The molecule has 0 fully saturated rings. The summed E-state index contributed by atoms with van der Waals surface area (Å²) in [4.78, 5) is 23.5. The minimum atomic E-state index is -0.633. The minimum Gasteiger partial charge on any atom is -0.490 e. The molecule has 0 atom stereocenters. The second-order valence-corrected chi connectivity index (χ2v) is 6.88. The number of nitrogens with zero attached hydrogens (tertiary/aromatic N) is 1. The van der Waals surface area contributed by atoms with Crippen LogP contribution in [0.5, 0.6) is 11.5 Å². The Balaban J connectivity index is 2.34. The molecule has 0 radical (unpaired) electrons. The number of anilines is 1. The third-order valence-corrected chi connectivity index (χ3v) is 4.41. The number of ether oxygens (including phenoxy) is 2. The highest BCUT2D eigenvalue weighted by molar-refractivity contribution is 9.10. The van der Waals surface area contributed by atoms with Crippen LogP contribution in [0.15, 0.2) is 46.4 Å². The molecule has 0 aliphatic heterocycles. The van der Waals surface area contributed by atoms with Crippen LogP contribution < -0.4 is 20.5 Å². The molecule has 2 aromatic carbocycles. The van der Waals surface area contributed by atoms with Gasteiger partial charge in [-0.15, -0.1) is 0 Å². The zero-order valence-electron chi connectivity index (χ0n) is 15.4. The van der Waals surface area contributed by atoms with Crippen molar-refractivity contribution < 1.29 is 19.1 Å². The van der Waals surface area contributed by atoms with E-state index in [-0.39, 0.29) is 12.2 Å². The molecule has 0 unspecified atom stereocenters. The number of halogens is 2. The number of para-hydroxylation sites is 1. The number of rotatable bonds is 8. The number of benzene rings is 2. The van der Waals surface area contributed by atoms with Crippen LogP contribution in [0.4, 0.5) is 5.69 Å². The smallest absolute Gasteiger partial charge is 0.266 e. The molecule has 2 rings (SSSR count). The molecule has 0 saturated carbocycles. The second-order valence-electron chi connectivity index (χ2n) is 5.62. The molecule has 2 aromatic rings. The Kier molecular flexibility index (Phi) is 8.07. The molecule has 0 aliphatic rings. The average Bonchev–Trinajstić information content (AvgIpc) is 2.67. The fourth-order valence-corrected chi connectivity index (χ4v) is 3.04. The highest BCUT2D eigenvalue weighted by Crippen LogP contribution is 2.37. The van der Waals surface area contributed by atoms with E-state index in [2.05, 4.69) is 21.2 Å². The van der Waals surface area contributed by atoms with Gasteiger partial charge >= 0.3 is 0 Å². The number of carbonyl (C=O) groups excluding carboxylic acids is 2. The SMILES string of the molecule is CCOc1cc(/C=C(\C#N)C(=O)Nc2ccccc2Cl)cc(Br)c1OCC(N)=O. The topological polar surface area (TPSA) is 114 Å². The highest BCUT2D eigenvalue weighted by Gasteiger charge is 2.15. The molecule has 150 valence electrons. The summed E-state index contributed by atoms with van der Waals surface area (Å²) in [5, 5.41) is 12.4. The second kappa shape index (κ2) is 10.5. The zero-order chi connectivity index (χ0) is 21.4. The molecule has 0 bridgehead atoms. The van der Waals surface area contributed by atoms with E-state index in [1.165, 1.54) is 6.08 Å². The van der Waals surface area contributed by atoms with Gasteiger partial charge in [0.15, 0.2) is 18.1 Å². The van der Waals surface area contributed by atoms with Crippen molar-refractivity contribution in [3.05, 3.63) is 57.0 Å². The van der Waals surface area contributed by atoms with Crippen molar-refractivity contribution in [2.75, 3.05) is 18.5 Å². The molecular weight excluding hydrogens is 462 g/mol. The maximum absolute atomic E-state index is 12.5. The van der Waals surface area contributed by atoms with Crippen molar-refractivity contribution in [3.8, 4) is 17.6 Å². The van der Waals surface area contributed by atoms with Gasteiger partial charge in [0.1, 0.15) is 11.6 Å². The van der Waals surface area contributed by atoms with Gasteiger partial charge in [-0.1, -0.05) is 23.7 Å². The molecule has 0 saturated heterocycles. The Bertz CT molecular complexity index is 1000. The minimum absolute atomic E-state index is 0.134. The van der Waals surface area contributed by atoms with E-state index in [1.54, 1.807) is 43.3 Å². The van der Waals surface area contributed by atoms with E-state index >= 15 is 0 Å². The summed E-state index contributed by atoms with van der Waals surface area (Å²) in [6.45, 7) is 1.80. The van der Waals surface area contributed by atoms with Gasteiger partial charge in [0.25, 0.3) is 11.8 Å². The first kappa shape index (κ1) is 22.3. The molecule has 0 aromatic heterocycles. The summed E-state index contributed by atoms with van der Waals surface area (Å²) >= 11 is 9.38. The molecule has 9 heteroatoms. The Morgan fingerprint density at radius 2 is 2.03 bits per heavy atom. The Morgan fingerprint density at radius 3 is 2.66 bits per heavy atom. The molecule has 7 nitrogen and oxygen atoms in total. The molecular formula is C20H17BrClN3O4. The van der Waals surface area contributed by atoms with Gasteiger partial charge < -0.3 is 20.5 Å². The number of nitrogens with one attached hydrogen (secondary N) is 1. The molecule has 0 spiro atoms. The number of nitriles is 1. The van der Waals surface area contributed by atoms with E-state index in [9.17, 15) is 14.9 Å². The highest BCUT2D eigenvalue weighted by atomic mass is 79.9. The summed E-state index contributed by atoms with van der Waals surface area (Å²) in [5.41, 5.74) is 5.89. The lowest BCUT2D eigenvalue weighted by Crippen LogP contribution is -2.20. The number of nitrogens with two attached hydrogens (primary N) is 1. The van der Waals surface area contributed by atoms with Gasteiger partial charge in [-0.2, -0.15) is 5.26 Å². The van der Waals surface area contributed by atoms with Gasteiger partial charge in [0.2, 0.25) is 0 Å². The van der Waals surface area contributed by atoms with Gasteiger partial charge in [0.05, 0.1) is 21.8 Å². The van der Waals surface area contributed by atoms with Crippen LogP contribution in [-0.4, -0.2) is 25.0 Å². The van der Waals surface area contributed by atoms with Crippen molar-refractivity contribution in [2.24, 2.45) is 5.73 Å². The third kappa shape index (κ3) is 6.24. The number of primary amides is 1. The van der Waals surface area contributed by atoms with Gasteiger partial charge in [-0.05, 0) is 58.8 Å². The fourth-order valence-electron chi connectivity index (χ4n) is 2.29. The van der Waals surface area contributed by atoms with Gasteiger partial charge in [-0.3, -0.25) is 9.59 Å². The molecule has 29 heavy (non-hydrogen) atoms. The van der Waals surface area contributed by atoms with E-state index in [0.717, 1.165) is 0 Å². The molecule has 0 heterocycles. The predicted molar refractivity (Wildman–Crippen MR) is 114 cm³/mol. The molecule has 3 N–H and O–H groups in total. The van der Waals surface area contributed by atoms with Crippen LogP contribution in [-0.2, 0) is 9.59 Å². The van der Waals surface area contributed by atoms with Crippen LogP contribution in [0.3, 0.4) is 0 Å². The van der Waals surface area contributed by atoms with E-state index in [4.69, 9.17) is 26.8 Å². The Hall–Kier alpha value is -3.02. The monoisotopic (exact) mass is 477 g/mol. The maximum atomic E-state index is 12.5. The van der Waals surface area contributed by atoms with Crippen LogP contribution in [0.1, 0.15) is 12.5 Å². The maximum Gasteiger partial charge on any atom is 0.266 e. The van der Waals surface area contributed by atoms with Crippen molar-refractivity contribution in [2.45, 2.75) is 6.92 Å². The van der Waals surface area contributed by atoms with E-state index < -0.39 is 11.8 Å². The summed E-state index contributed by atoms with van der Waals surface area (Å²) in [6, 6.07) is 11.8. The lowest BCUT2D eigenvalue weighted by molar-refractivity contribution is -0.120. The summed E-state index contributed by atoms with van der Waals surface area (Å²) in [5.74, 6) is -0.616. The Labute approximate surface area is 181 Å². The first-order chi connectivity index (χ1) is 13.8. The predicted octanol–water partition coefficient (Wildman–Crippen LogP) is 3.91. The lowest BCUT2D eigenvalue weighted by atomic mass is 10.1. The quantitative estimate of drug-likeness (QED) is 0.441. The normalized spacial score (nSPS) is 10.8. The van der Waals surface area contributed by atoms with Gasteiger partial charge in [0, 0.05) is 0 Å². The van der Waals surface area contributed by atoms with E-state index in [0.29, 0.717) is 38.9 Å². The lowest BCUT2D eigenvalue weighted by Gasteiger charge is -2.14. The third-order valence-electron chi connectivity index (χ3n) is 3.49. The summed E-state index contributed by atoms with van der Waals surface area (Å²) < 4.78 is 11.4. The first-order valence-corrected chi connectivity index (χ1v) is 9.58. The van der Waals surface area contributed by atoms with Crippen LogP contribution in [0, 0.1) is 11.3 Å². The zero-order valence-corrected chi connectivity index (χ0v) is 17.7. The average molecular weight is 479 g/mol. The van der Waals surface area contributed by atoms with Crippen molar-refractivity contribution in [3.63, 3.8) is 0 Å².